The van der Waals surface area contributed by atoms with Crippen molar-refractivity contribution in [2.24, 2.45) is 17.8 Å². The van der Waals surface area contributed by atoms with E-state index < -0.39 is 18.0 Å². The minimum absolute atomic E-state index is 0.0114. The van der Waals surface area contributed by atoms with Crippen molar-refractivity contribution in [1.82, 2.24) is 64.4 Å². The molecular formula is C79H91F3N16O9. The van der Waals surface area contributed by atoms with E-state index in [0.717, 1.165) is 162 Å². The second-order valence-electron chi connectivity index (χ2n) is 29.2. The second-order valence-corrected chi connectivity index (χ2v) is 29.2. The summed E-state index contributed by atoms with van der Waals surface area (Å²) in [5.74, 6) is 4.57. The molecule has 6 aromatic heterocycles. The number of anilines is 3. The van der Waals surface area contributed by atoms with E-state index in [1.54, 1.807) is 33.9 Å². The standard InChI is InChI=1S/C27H30F3N5O3.C27H32N4O2.C25H29N7O4/c1-15-7-9-20-21(34(15)26(37)38-3)10-11-22-25(20)31-24(14-18-8-12-23(33-32-18)27(28,29)30)35(22)19-6-4-5-17(13-19)16(2)36;1-17-8-10-20-22(30(17)27(32)33-2)12-13-24-26(20)29-25(14-18-6-4-3-5-7-18)31(24)23-11-9-19-15-28-16-21(19)23;1-16-13-18(36-29-16)14-26-23(33)15-31-21-8-7-20-19(6-5-17(2)32(20)25(34)35-3)24(21)28-22(31)9-12-30-11-4-10-27-30/h8,10-12,15,17,19H,4-7,9,13-14H2,1-3H3;3-7,12-13,17,19,21,23,28H,8-11,14-16H2,1-2H3;4,7-8,10-11,13,17H,5-6,9,12,14-15H2,1-3H3,(H,26,33)/t15-,17+,19+;17-,19+,21+,23-;17-/m000/s1. The van der Waals surface area contributed by atoms with Crippen LogP contribution in [0.15, 0.2) is 108 Å². The number of fused-ring (bicyclic) bond motifs is 10. The first kappa shape index (κ1) is 73.4. The third-order valence-electron chi connectivity index (χ3n) is 22.5. The number of aryl methyl sites for hydroxylation is 6. The van der Waals surface area contributed by atoms with E-state index in [9.17, 15) is 37.1 Å². The Morgan fingerprint density at radius 2 is 1.23 bits per heavy atom. The lowest BCUT2D eigenvalue weighted by molar-refractivity contribution is -0.141. The van der Waals surface area contributed by atoms with Crippen LogP contribution < -0.4 is 25.3 Å². The molecule has 0 radical (unpaired) electrons. The highest BCUT2D eigenvalue weighted by molar-refractivity contribution is 5.98. The van der Waals surface area contributed by atoms with Gasteiger partial charge in [-0.1, -0.05) is 41.9 Å². The molecule has 28 heteroatoms. The molecular weight excluding hydrogens is 1370 g/mol. The number of aromatic nitrogens is 11. The van der Waals surface area contributed by atoms with Gasteiger partial charge in [0.1, 0.15) is 29.8 Å². The Morgan fingerprint density at radius 1 is 0.645 bits per heavy atom. The Balaban J connectivity index is 0.000000135. The minimum atomic E-state index is -4.57. The molecule has 562 valence electrons. The molecule has 1 saturated heterocycles. The van der Waals surface area contributed by atoms with Crippen LogP contribution in [0.4, 0.5) is 44.6 Å². The number of hydrogen-bond donors (Lipinski definition) is 2. The molecule has 4 amide bonds. The zero-order valence-electron chi connectivity index (χ0n) is 61.6. The summed E-state index contributed by atoms with van der Waals surface area (Å²) in [7, 11) is 4.21. The summed E-state index contributed by atoms with van der Waals surface area (Å²) in [5, 5.41) is 21.9. The number of nitrogens with one attached hydrogen (secondary N) is 2. The Kier molecular flexibility index (Phi) is 21.4. The van der Waals surface area contributed by atoms with Crippen LogP contribution in [-0.4, -0.2) is 136 Å². The molecule has 2 saturated carbocycles. The van der Waals surface area contributed by atoms with Gasteiger partial charge in [-0.05, 0) is 184 Å². The van der Waals surface area contributed by atoms with Crippen molar-refractivity contribution in [1.29, 1.82) is 0 Å². The van der Waals surface area contributed by atoms with Gasteiger partial charge in [-0.25, -0.2) is 29.3 Å². The second kappa shape index (κ2) is 31.1. The molecule has 0 unspecified atom stereocenters. The van der Waals surface area contributed by atoms with Crippen LogP contribution in [-0.2, 0) is 88.1 Å². The predicted molar refractivity (Wildman–Crippen MR) is 395 cm³/mol. The molecule has 4 aromatic carbocycles. The van der Waals surface area contributed by atoms with E-state index in [1.807, 2.05) is 66.5 Å². The first-order chi connectivity index (χ1) is 51.7. The minimum Gasteiger partial charge on any atom is -0.452 e. The van der Waals surface area contributed by atoms with Gasteiger partial charge in [0.15, 0.2) is 11.5 Å². The fourth-order valence-corrected chi connectivity index (χ4v) is 17.2. The number of Topliss-reactive ketones (excluding diaryl/α,β-unsaturated/α-hetero) is 1. The largest absolute Gasteiger partial charge is 0.452 e. The fourth-order valence-electron chi connectivity index (χ4n) is 17.2. The lowest BCUT2D eigenvalue weighted by Crippen LogP contribution is -2.42. The summed E-state index contributed by atoms with van der Waals surface area (Å²) in [5.41, 5.74) is 12.6. The average Bonchev–Trinajstić information content (AvgIpc) is 1.63. The van der Waals surface area contributed by atoms with E-state index in [0.29, 0.717) is 48.6 Å². The number of carbonyl (C=O) groups excluding carboxylic acids is 5. The van der Waals surface area contributed by atoms with Crippen LogP contribution in [0.5, 0.6) is 0 Å². The molecule has 25 nitrogen and oxygen atoms in total. The van der Waals surface area contributed by atoms with Gasteiger partial charge in [-0.15, -0.1) is 5.10 Å². The lowest BCUT2D eigenvalue weighted by atomic mass is 9.83. The monoisotopic (exact) mass is 1460 g/mol. The van der Waals surface area contributed by atoms with Gasteiger partial charge in [0.05, 0.1) is 95.8 Å². The lowest BCUT2D eigenvalue weighted by Gasteiger charge is -2.34. The highest BCUT2D eigenvalue weighted by Gasteiger charge is 2.43. The first-order valence-electron chi connectivity index (χ1n) is 37.2. The van der Waals surface area contributed by atoms with E-state index in [-0.39, 0.29) is 73.5 Å². The molecule has 4 aliphatic heterocycles. The van der Waals surface area contributed by atoms with Gasteiger partial charge in [-0.3, -0.25) is 29.0 Å². The first-order valence-corrected chi connectivity index (χ1v) is 37.2. The molecule has 2 N–H and O–H groups in total. The summed E-state index contributed by atoms with van der Waals surface area (Å²) >= 11 is 0. The fraction of sp³-hybridized carbons (Fsp3) is 0.468. The number of imidazole rings is 3. The maximum absolute atomic E-state index is 13.0. The van der Waals surface area contributed by atoms with Crippen molar-refractivity contribution < 1.29 is 55.9 Å². The van der Waals surface area contributed by atoms with Crippen LogP contribution >= 0.6 is 0 Å². The third-order valence-corrected chi connectivity index (χ3v) is 22.5. The van der Waals surface area contributed by atoms with E-state index in [4.69, 9.17) is 33.7 Å². The number of halogens is 3. The van der Waals surface area contributed by atoms with Gasteiger partial charge in [0.2, 0.25) is 5.91 Å². The molecule has 16 rings (SSSR count). The zero-order valence-corrected chi connectivity index (χ0v) is 61.6. The number of amides is 4. The normalized spacial score (nSPS) is 21.0. The highest BCUT2D eigenvalue weighted by atomic mass is 19.4. The Bertz CT molecular complexity index is 4920. The maximum atomic E-state index is 13.0. The van der Waals surface area contributed by atoms with Crippen molar-refractivity contribution in [3.8, 4) is 0 Å². The summed E-state index contributed by atoms with van der Waals surface area (Å²) in [4.78, 5) is 83.3. The summed E-state index contributed by atoms with van der Waals surface area (Å²) in [6, 6.07) is 29.2. The molecule has 0 spiro atoms. The molecule has 2 aliphatic carbocycles. The Hall–Kier alpha value is -10.5. The van der Waals surface area contributed by atoms with Crippen LogP contribution in [0, 0.1) is 24.7 Å². The Labute approximate surface area is 617 Å². The van der Waals surface area contributed by atoms with Crippen LogP contribution in [0.1, 0.15) is 160 Å². The van der Waals surface area contributed by atoms with Gasteiger partial charge in [0.25, 0.3) is 0 Å². The summed E-state index contributed by atoms with van der Waals surface area (Å²) in [6.45, 7) is 12.8. The van der Waals surface area contributed by atoms with Gasteiger partial charge >= 0.3 is 24.5 Å². The quantitative estimate of drug-likeness (QED) is 0.0958. The van der Waals surface area contributed by atoms with Gasteiger partial charge < -0.3 is 43.1 Å². The van der Waals surface area contributed by atoms with E-state index in [2.05, 4.69) is 89.6 Å². The van der Waals surface area contributed by atoms with Crippen LogP contribution in [0.3, 0.4) is 0 Å². The van der Waals surface area contributed by atoms with Crippen molar-refractivity contribution in [3.63, 3.8) is 0 Å². The smallest absolute Gasteiger partial charge is 0.435 e. The number of hydrogen-bond acceptors (Lipinski definition) is 17. The van der Waals surface area contributed by atoms with Crippen molar-refractivity contribution in [3.05, 3.63) is 166 Å². The molecule has 3 fully saturated rings. The van der Waals surface area contributed by atoms with Crippen molar-refractivity contribution in [2.45, 2.75) is 187 Å². The summed E-state index contributed by atoms with van der Waals surface area (Å²) < 4.78 is 67.9. The SMILES string of the molecule is COC(=O)N1c2ccc3c(nc(CCn4cccn4)n3CC(=O)NCc3cc(C)no3)c2CC[C@@H]1C.COC(=O)N1c2ccc3c(nc(Cc4ccc(C(F)(F)F)nn4)n3[C@@H]3CCC[C@@H](C(C)=O)C3)c2CC[C@@H]1C.COC(=O)N1c2ccc3c(nc(Cc4ccccc4)n3[C@H]3CC[C@@H]4CNC[C@H]43)c2CC[C@@H]1C. The molecule has 10 aromatic rings. The number of rotatable bonds is 14. The van der Waals surface area contributed by atoms with Crippen molar-refractivity contribution in [2.75, 3.05) is 49.1 Å². The summed E-state index contributed by atoms with van der Waals surface area (Å²) in [6.07, 6.45) is 10.2. The van der Waals surface area contributed by atoms with E-state index in [1.165, 1.54) is 56.9 Å². The average molecular weight is 1470 g/mol. The number of methoxy groups -OCH3 is 3. The number of benzene rings is 4. The molecule has 6 aliphatic rings. The molecule has 8 atom stereocenters. The number of ketones is 1. The predicted octanol–water partition coefficient (Wildman–Crippen LogP) is 13.4. The number of nitrogens with zero attached hydrogens (tertiary/aromatic N) is 14. The third kappa shape index (κ3) is 14.9. The maximum Gasteiger partial charge on any atom is 0.435 e. The molecule has 107 heavy (non-hydrogen) atoms. The number of alkyl halides is 3. The van der Waals surface area contributed by atoms with E-state index >= 15 is 0 Å². The molecule has 10 heterocycles. The van der Waals surface area contributed by atoms with Crippen LogP contribution in [0.2, 0.25) is 0 Å². The van der Waals surface area contributed by atoms with Gasteiger partial charge in [0, 0.05) is 97.2 Å². The number of carbonyl (C=O) groups is 5. The zero-order chi connectivity index (χ0) is 74.9. The topological polar surface area (TPSA) is 270 Å². The molecule has 0 bridgehead atoms. The highest BCUT2D eigenvalue weighted by Crippen LogP contribution is 2.47. The Morgan fingerprint density at radius 3 is 1.79 bits per heavy atom. The van der Waals surface area contributed by atoms with Crippen LogP contribution in [0.25, 0.3) is 33.1 Å². The number of ether oxygens (including phenoxy) is 3. The van der Waals surface area contributed by atoms with Gasteiger partial charge in [-0.2, -0.15) is 23.4 Å². The van der Waals surface area contributed by atoms with Crippen molar-refractivity contribution >= 4 is 80.1 Å².